The van der Waals surface area contributed by atoms with E-state index in [1.807, 2.05) is 83.1 Å². The molecule has 0 amide bonds. The molecule has 0 saturated heterocycles. The number of nitrogens with zero attached hydrogens (tertiary/aromatic N) is 1. The van der Waals surface area contributed by atoms with Crippen molar-refractivity contribution in [1.82, 2.24) is 0 Å². The van der Waals surface area contributed by atoms with Gasteiger partial charge in [-0.15, -0.1) is 0 Å². The Bertz CT molecular complexity index is 1300. The highest BCUT2D eigenvalue weighted by atomic mass is 16.5. The number of phenols is 3. The maximum atomic E-state index is 10.3. The molecule has 34 heavy (non-hydrogen) atoms. The average molecular weight is 456 g/mol. The van der Waals surface area contributed by atoms with Gasteiger partial charge in [-0.2, -0.15) is 0 Å². The topological polar surface area (TPSA) is 73.2 Å². The van der Waals surface area contributed by atoms with Gasteiger partial charge in [-0.05, 0) is 117 Å². The highest BCUT2D eigenvalue weighted by Gasteiger charge is 2.20. The van der Waals surface area contributed by atoms with Gasteiger partial charge in [0.25, 0.3) is 0 Å². The Morgan fingerprint density at radius 2 is 1.12 bits per heavy atom. The molecule has 0 heterocycles. The molecule has 4 rings (SSSR count). The van der Waals surface area contributed by atoms with Gasteiger partial charge in [-0.3, -0.25) is 0 Å². The molecule has 0 saturated carbocycles. The number of aryl methyl sites for hydroxylation is 1. The predicted octanol–water partition coefficient (Wildman–Crippen LogP) is 7.61. The summed E-state index contributed by atoms with van der Waals surface area (Å²) in [6.07, 6.45) is 0. The molecule has 0 aliphatic rings. The van der Waals surface area contributed by atoms with E-state index in [1.54, 1.807) is 18.2 Å². The van der Waals surface area contributed by atoms with Crippen molar-refractivity contribution in [2.75, 3.05) is 4.90 Å². The molecule has 0 aromatic heterocycles. The van der Waals surface area contributed by atoms with E-state index in [1.165, 1.54) is 0 Å². The second-order valence-electron chi connectivity index (χ2n) is 8.56. The number of anilines is 3. The van der Waals surface area contributed by atoms with Crippen molar-refractivity contribution in [2.24, 2.45) is 0 Å². The fourth-order valence-corrected chi connectivity index (χ4v) is 3.98. The third-order valence-corrected chi connectivity index (χ3v) is 6.47. The molecule has 0 fully saturated rings. The van der Waals surface area contributed by atoms with Crippen LogP contribution in [0.25, 0.3) is 0 Å². The van der Waals surface area contributed by atoms with Gasteiger partial charge in [-0.1, -0.05) is 12.1 Å². The van der Waals surface area contributed by atoms with Crippen LogP contribution in [0.3, 0.4) is 0 Å². The summed E-state index contributed by atoms with van der Waals surface area (Å²) in [5.41, 5.74) is 7.02. The second-order valence-corrected chi connectivity index (χ2v) is 8.56. The number of para-hydroxylation sites is 1. The molecule has 0 bridgehead atoms. The number of rotatable bonds is 5. The van der Waals surface area contributed by atoms with Crippen LogP contribution < -0.4 is 9.64 Å². The van der Waals surface area contributed by atoms with Gasteiger partial charge in [0.1, 0.15) is 17.2 Å². The number of hydrogen-bond acceptors (Lipinski definition) is 5. The minimum atomic E-state index is 0.124. The summed E-state index contributed by atoms with van der Waals surface area (Å²) in [6, 6.07) is 20.2. The highest BCUT2D eigenvalue weighted by Crippen LogP contribution is 2.43. The van der Waals surface area contributed by atoms with Crippen LogP contribution in [-0.2, 0) is 0 Å². The predicted molar refractivity (Wildman–Crippen MR) is 136 cm³/mol. The Morgan fingerprint density at radius 3 is 1.65 bits per heavy atom. The monoisotopic (exact) mass is 455 g/mol. The lowest BCUT2D eigenvalue weighted by atomic mass is 10.0. The molecule has 0 aliphatic heterocycles. The summed E-state index contributed by atoms with van der Waals surface area (Å²) in [4.78, 5) is 2.11. The van der Waals surface area contributed by atoms with E-state index in [0.717, 1.165) is 44.9 Å². The normalized spacial score (nSPS) is 10.9. The fourth-order valence-electron chi connectivity index (χ4n) is 3.98. The van der Waals surface area contributed by atoms with Gasteiger partial charge in [0.15, 0.2) is 11.5 Å². The van der Waals surface area contributed by atoms with Gasteiger partial charge in [-0.25, -0.2) is 0 Å². The van der Waals surface area contributed by atoms with Gasteiger partial charge in [0, 0.05) is 17.1 Å². The minimum absolute atomic E-state index is 0.124. The molecule has 5 nitrogen and oxygen atoms in total. The molecule has 3 N–H and O–H groups in total. The summed E-state index contributed by atoms with van der Waals surface area (Å²) >= 11 is 0. The fraction of sp³-hybridized carbons (Fsp3) is 0.172. The average Bonchev–Trinajstić information content (AvgIpc) is 2.83. The van der Waals surface area contributed by atoms with E-state index in [4.69, 9.17) is 4.74 Å². The SMILES string of the molecule is Cc1cccc(Oc2ccc(N(c3ccc(O)c(C)c3C)c3ccc(O)c(C)c3C)cc2)c1O. The Morgan fingerprint density at radius 1 is 0.588 bits per heavy atom. The first kappa shape index (κ1) is 23.1. The number of aromatic hydroxyl groups is 3. The molecule has 0 unspecified atom stereocenters. The van der Waals surface area contributed by atoms with Crippen LogP contribution in [0, 0.1) is 34.6 Å². The van der Waals surface area contributed by atoms with Gasteiger partial charge >= 0.3 is 0 Å². The lowest BCUT2D eigenvalue weighted by molar-refractivity contribution is 0.408. The number of phenolic OH excluding ortho intramolecular Hbond substituents is 3. The summed E-state index contributed by atoms with van der Waals surface area (Å²) in [5, 5.41) is 30.7. The van der Waals surface area contributed by atoms with Gasteiger partial charge < -0.3 is 25.0 Å². The maximum Gasteiger partial charge on any atom is 0.169 e. The summed E-state index contributed by atoms with van der Waals surface area (Å²) in [6.45, 7) is 9.59. The molecule has 4 aromatic carbocycles. The van der Waals surface area contributed by atoms with Crippen LogP contribution in [0.2, 0.25) is 0 Å². The minimum Gasteiger partial charge on any atom is -0.508 e. The molecule has 0 radical (unpaired) electrons. The number of benzene rings is 4. The zero-order valence-electron chi connectivity index (χ0n) is 20.0. The van der Waals surface area contributed by atoms with Crippen molar-refractivity contribution in [1.29, 1.82) is 0 Å². The molecular formula is C29H29NO4. The van der Waals surface area contributed by atoms with Crippen LogP contribution in [0.5, 0.6) is 28.7 Å². The molecular weight excluding hydrogens is 426 g/mol. The van der Waals surface area contributed by atoms with E-state index >= 15 is 0 Å². The first-order valence-corrected chi connectivity index (χ1v) is 11.1. The quantitative estimate of drug-likeness (QED) is 0.289. The van der Waals surface area contributed by atoms with Crippen molar-refractivity contribution < 1.29 is 20.1 Å². The molecule has 0 atom stereocenters. The van der Waals surface area contributed by atoms with Crippen LogP contribution >= 0.6 is 0 Å². The van der Waals surface area contributed by atoms with Crippen molar-refractivity contribution in [3.63, 3.8) is 0 Å². The largest absolute Gasteiger partial charge is 0.508 e. The van der Waals surface area contributed by atoms with E-state index in [0.29, 0.717) is 11.5 Å². The van der Waals surface area contributed by atoms with Crippen LogP contribution in [0.1, 0.15) is 27.8 Å². The van der Waals surface area contributed by atoms with Crippen molar-refractivity contribution in [2.45, 2.75) is 34.6 Å². The van der Waals surface area contributed by atoms with Gasteiger partial charge in [0.2, 0.25) is 0 Å². The zero-order valence-corrected chi connectivity index (χ0v) is 20.0. The van der Waals surface area contributed by atoms with Crippen LogP contribution in [-0.4, -0.2) is 15.3 Å². The van der Waals surface area contributed by atoms with E-state index in [-0.39, 0.29) is 17.2 Å². The first-order chi connectivity index (χ1) is 16.2. The molecule has 5 heteroatoms. The standard InChI is InChI=1S/C29H29NO4/c1-17-7-6-8-28(29(17)33)34-23-11-9-22(10-12-23)30(24-13-15-26(31)20(4)18(24)2)25-14-16-27(32)21(5)19(25)3/h6-16,31-33H,1-5H3. The van der Waals surface area contributed by atoms with Crippen molar-refractivity contribution >= 4 is 17.1 Å². The summed E-state index contributed by atoms with van der Waals surface area (Å²) in [7, 11) is 0. The van der Waals surface area contributed by atoms with Crippen molar-refractivity contribution in [3.8, 4) is 28.7 Å². The summed E-state index contributed by atoms with van der Waals surface area (Å²) in [5.74, 6) is 1.63. The Labute approximate surface area is 200 Å². The summed E-state index contributed by atoms with van der Waals surface area (Å²) < 4.78 is 5.92. The Balaban J connectivity index is 1.81. The zero-order chi connectivity index (χ0) is 24.6. The molecule has 174 valence electrons. The Kier molecular flexibility index (Phi) is 6.12. The lowest BCUT2D eigenvalue weighted by Crippen LogP contribution is -2.13. The third kappa shape index (κ3) is 4.13. The van der Waals surface area contributed by atoms with Crippen LogP contribution in [0.15, 0.2) is 66.7 Å². The number of hydrogen-bond donors (Lipinski definition) is 3. The first-order valence-electron chi connectivity index (χ1n) is 11.1. The van der Waals surface area contributed by atoms with Gasteiger partial charge in [0.05, 0.1) is 0 Å². The van der Waals surface area contributed by atoms with E-state index < -0.39 is 0 Å². The smallest absolute Gasteiger partial charge is 0.169 e. The second kappa shape index (κ2) is 9.02. The van der Waals surface area contributed by atoms with E-state index in [2.05, 4.69) is 4.90 Å². The van der Waals surface area contributed by atoms with E-state index in [9.17, 15) is 15.3 Å². The molecule has 4 aromatic rings. The molecule has 0 spiro atoms. The highest BCUT2D eigenvalue weighted by molar-refractivity contribution is 5.82. The molecule has 0 aliphatic carbocycles. The Hall–Kier alpha value is -4.12. The number of ether oxygens (including phenoxy) is 1. The van der Waals surface area contributed by atoms with Crippen molar-refractivity contribution in [3.05, 3.63) is 94.5 Å². The maximum absolute atomic E-state index is 10.3. The lowest BCUT2D eigenvalue weighted by Gasteiger charge is -2.30. The third-order valence-electron chi connectivity index (χ3n) is 6.47. The van der Waals surface area contributed by atoms with Crippen LogP contribution in [0.4, 0.5) is 17.1 Å².